The average Bonchev–Trinajstić information content (AvgIpc) is 1.95. The number of nitrogens with zero attached hydrogens (tertiary/aromatic N) is 1. The van der Waals surface area contributed by atoms with E-state index in [0.717, 1.165) is 0 Å². The number of ether oxygens (including phenoxy) is 1. The number of alkyl halides is 1. The zero-order valence-electron chi connectivity index (χ0n) is 8.71. The molecule has 0 unspecified atom stereocenters. The van der Waals surface area contributed by atoms with Gasteiger partial charge in [-0.2, -0.15) is 0 Å². The molecule has 0 saturated carbocycles. The summed E-state index contributed by atoms with van der Waals surface area (Å²) in [6, 6.07) is 0. The molecule has 0 aromatic carbocycles. The first-order valence-electron chi connectivity index (χ1n) is 4.52. The first-order chi connectivity index (χ1) is 6.26. The van der Waals surface area contributed by atoms with Crippen molar-refractivity contribution in [3.63, 3.8) is 0 Å². The highest BCUT2D eigenvalue weighted by Gasteiger charge is 2.45. The highest BCUT2D eigenvalue weighted by molar-refractivity contribution is 5.69. The van der Waals surface area contributed by atoms with E-state index in [2.05, 4.69) is 0 Å². The molecular formula is C9H16FNO3. The lowest BCUT2D eigenvalue weighted by Gasteiger charge is -2.44. The number of likely N-dealkylation sites (tertiary alicyclic amines) is 1. The number of hydrogen-bond acceptors (Lipinski definition) is 3. The molecule has 1 amide bonds. The lowest BCUT2D eigenvalue weighted by atomic mass is 9.97. The number of β-amino-alcohol motifs (C(OH)–C–C–N with tert-alkyl or cyclic N) is 1. The van der Waals surface area contributed by atoms with Crippen molar-refractivity contribution in [2.24, 2.45) is 0 Å². The van der Waals surface area contributed by atoms with Crippen LogP contribution in [0, 0.1) is 0 Å². The molecule has 5 heteroatoms. The van der Waals surface area contributed by atoms with Crippen molar-refractivity contribution >= 4 is 6.09 Å². The lowest BCUT2D eigenvalue weighted by molar-refractivity contribution is -0.108. The Morgan fingerprint density at radius 3 is 2.43 bits per heavy atom. The van der Waals surface area contributed by atoms with Crippen molar-refractivity contribution < 1.29 is 19.0 Å². The summed E-state index contributed by atoms with van der Waals surface area (Å²) < 4.78 is 17.2. The maximum atomic E-state index is 12.2. The van der Waals surface area contributed by atoms with Crippen molar-refractivity contribution in [2.45, 2.75) is 32.0 Å². The summed E-state index contributed by atoms with van der Waals surface area (Å²) in [5, 5.41) is 9.31. The molecule has 0 bridgehead atoms. The van der Waals surface area contributed by atoms with Crippen molar-refractivity contribution in [1.29, 1.82) is 0 Å². The summed E-state index contributed by atoms with van der Waals surface area (Å²) in [5.74, 6) is 0. The van der Waals surface area contributed by atoms with E-state index in [-0.39, 0.29) is 13.1 Å². The molecule has 1 rings (SSSR count). The van der Waals surface area contributed by atoms with Gasteiger partial charge in [0.15, 0.2) is 0 Å². The van der Waals surface area contributed by atoms with Crippen LogP contribution in [0.25, 0.3) is 0 Å². The first-order valence-corrected chi connectivity index (χ1v) is 4.52. The van der Waals surface area contributed by atoms with Gasteiger partial charge in [0.05, 0.1) is 13.1 Å². The SMILES string of the molecule is CC(C)(C)OC(=O)N1CC(O)(CF)C1. The summed E-state index contributed by atoms with van der Waals surface area (Å²) in [5.41, 5.74) is -1.91. The lowest BCUT2D eigenvalue weighted by Crippen LogP contribution is -2.65. The van der Waals surface area contributed by atoms with Crippen molar-refractivity contribution in [2.75, 3.05) is 19.8 Å². The summed E-state index contributed by atoms with van der Waals surface area (Å²) in [6.45, 7) is 4.47. The summed E-state index contributed by atoms with van der Waals surface area (Å²) in [6.07, 6.45) is -0.504. The van der Waals surface area contributed by atoms with Gasteiger partial charge in [0.1, 0.15) is 17.9 Å². The molecular weight excluding hydrogens is 189 g/mol. The van der Waals surface area contributed by atoms with Crippen LogP contribution in [0.4, 0.5) is 9.18 Å². The molecule has 0 radical (unpaired) electrons. The second-order valence-corrected chi connectivity index (χ2v) is 4.69. The third kappa shape index (κ3) is 2.57. The van der Waals surface area contributed by atoms with Gasteiger partial charge < -0.3 is 14.7 Å². The molecule has 1 fully saturated rings. The number of carbonyl (C=O) groups is 1. The van der Waals surface area contributed by atoms with Crippen LogP contribution in [0.15, 0.2) is 0 Å². The number of aliphatic hydroxyl groups is 1. The second kappa shape index (κ2) is 3.38. The zero-order valence-corrected chi connectivity index (χ0v) is 8.71. The molecule has 0 aliphatic carbocycles. The van der Waals surface area contributed by atoms with Gasteiger partial charge in [-0.3, -0.25) is 0 Å². The van der Waals surface area contributed by atoms with Crippen LogP contribution in [0.1, 0.15) is 20.8 Å². The monoisotopic (exact) mass is 205 g/mol. The van der Waals surface area contributed by atoms with Crippen LogP contribution >= 0.6 is 0 Å². The number of rotatable bonds is 1. The largest absolute Gasteiger partial charge is 0.444 e. The quantitative estimate of drug-likeness (QED) is 0.693. The van der Waals surface area contributed by atoms with E-state index < -0.39 is 24.0 Å². The number of hydrogen-bond donors (Lipinski definition) is 1. The molecule has 1 heterocycles. The molecule has 1 aliphatic heterocycles. The number of carbonyl (C=O) groups excluding carboxylic acids is 1. The Kier molecular flexibility index (Phi) is 2.71. The van der Waals surface area contributed by atoms with Gasteiger partial charge in [-0.25, -0.2) is 9.18 Å². The Labute approximate surface area is 82.6 Å². The van der Waals surface area contributed by atoms with E-state index in [1.54, 1.807) is 20.8 Å². The minimum atomic E-state index is -1.35. The van der Waals surface area contributed by atoms with Crippen LogP contribution in [0.2, 0.25) is 0 Å². The van der Waals surface area contributed by atoms with Crippen LogP contribution in [-0.4, -0.2) is 47.1 Å². The van der Waals surface area contributed by atoms with Crippen molar-refractivity contribution in [3.05, 3.63) is 0 Å². The fraction of sp³-hybridized carbons (Fsp3) is 0.889. The van der Waals surface area contributed by atoms with Gasteiger partial charge in [-0.05, 0) is 20.8 Å². The van der Waals surface area contributed by atoms with Crippen LogP contribution in [-0.2, 0) is 4.74 Å². The number of halogens is 1. The summed E-state index contributed by atoms with van der Waals surface area (Å²) in [4.78, 5) is 12.6. The van der Waals surface area contributed by atoms with E-state index >= 15 is 0 Å². The molecule has 0 aromatic rings. The number of amides is 1. The fourth-order valence-electron chi connectivity index (χ4n) is 1.20. The van der Waals surface area contributed by atoms with Gasteiger partial charge in [0.2, 0.25) is 0 Å². The molecule has 0 aromatic heterocycles. The first kappa shape index (κ1) is 11.2. The van der Waals surface area contributed by atoms with E-state index in [1.807, 2.05) is 0 Å². The predicted molar refractivity (Wildman–Crippen MR) is 48.7 cm³/mol. The van der Waals surface area contributed by atoms with Gasteiger partial charge in [0.25, 0.3) is 0 Å². The third-order valence-electron chi connectivity index (χ3n) is 1.87. The van der Waals surface area contributed by atoms with E-state index in [4.69, 9.17) is 4.74 Å². The zero-order chi connectivity index (χ0) is 11.0. The van der Waals surface area contributed by atoms with E-state index in [0.29, 0.717) is 0 Å². The highest BCUT2D eigenvalue weighted by Crippen LogP contribution is 2.23. The predicted octanol–water partition coefficient (Wildman–Crippen LogP) is 0.938. The Hall–Kier alpha value is -0.840. The van der Waals surface area contributed by atoms with Crippen molar-refractivity contribution in [3.8, 4) is 0 Å². The highest BCUT2D eigenvalue weighted by atomic mass is 19.1. The molecule has 1 N–H and O–H groups in total. The Morgan fingerprint density at radius 2 is 2.07 bits per heavy atom. The molecule has 0 spiro atoms. The minimum absolute atomic E-state index is 0.0123. The van der Waals surface area contributed by atoms with Crippen LogP contribution in [0.5, 0.6) is 0 Å². The maximum Gasteiger partial charge on any atom is 0.410 e. The van der Waals surface area contributed by atoms with Crippen molar-refractivity contribution in [1.82, 2.24) is 4.90 Å². The topological polar surface area (TPSA) is 49.8 Å². The molecule has 1 aliphatic rings. The third-order valence-corrected chi connectivity index (χ3v) is 1.87. The Bertz CT molecular complexity index is 231. The van der Waals surface area contributed by atoms with Gasteiger partial charge in [-0.1, -0.05) is 0 Å². The minimum Gasteiger partial charge on any atom is -0.444 e. The normalized spacial score (nSPS) is 20.2. The second-order valence-electron chi connectivity index (χ2n) is 4.69. The average molecular weight is 205 g/mol. The molecule has 4 nitrogen and oxygen atoms in total. The molecule has 14 heavy (non-hydrogen) atoms. The smallest absolute Gasteiger partial charge is 0.410 e. The van der Waals surface area contributed by atoms with Crippen LogP contribution < -0.4 is 0 Å². The van der Waals surface area contributed by atoms with E-state index in [9.17, 15) is 14.3 Å². The molecule has 1 saturated heterocycles. The maximum absolute atomic E-state index is 12.2. The Balaban J connectivity index is 2.37. The van der Waals surface area contributed by atoms with Gasteiger partial charge in [0, 0.05) is 0 Å². The molecule has 82 valence electrons. The van der Waals surface area contributed by atoms with Gasteiger partial charge in [-0.15, -0.1) is 0 Å². The van der Waals surface area contributed by atoms with E-state index in [1.165, 1.54) is 4.90 Å². The van der Waals surface area contributed by atoms with Gasteiger partial charge >= 0.3 is 6.09 Å². The standard InChI is InChI=1S/C9H16FNO3/c1-8(2,3)14-7(12)11-5-9(13,4-10)6-11/h13H,4-6H2,1-3H3. The summed E-state index contributed by atoms with van der Waals surface area (Å²) in [7, 11) is 0. The fourth-order valence-corrected chi connectivity index (χ4v) is 1.20. The van der Waals surface area contributed by atoms with Crippen LogP contribution in [0.3, 0.4) is 0 Å². The Morgan fingerprint density at radius 1 is 1.57 bits per heavy atom. The summed E-state index contributed by atoms with van der Waals surface area (Å²) >= 11 is 0. The molecule has 0 atom stereocenters.